The summed E-state index contributed by atoms with van der Waals surface area (Å²) >= 11 is 4.24. The Morgan fingerprint density at radius 3 is 2.54 bits per heavy atom. The SMILES string of the molecule is C=C(CS)CN(CC(C)C)C1CC1. The Morgan fingerprint density at radius 1 is 1.54 bits per heavy atom. The molecule has 1 rings (SSSR count). The number of nitrogens with zero attached hydrogens (tertiary/aromatic N) is 1. The molecule has 0 N–H and O–H groups in total. The highest BCUT2D eigenvalue weighted by molar-refractivity contribution is 7.80. The van der Waals surface area contributed by atoms with E-state index in [-0.39, 0.29) is 0 Å². The van der Waals surface area contributed by atoms with Crippen LogP contribution in [0.4, 0.5) is 0 Å². The third-order valence-corrected chi connectivity index (χ3v) is 2.76. The van der Waals surface area contributed by atoms with Crippen LogP contribution in [0.2, 0.25) is 0 Å². The lowest BCUT2D eigenvalue weighted by Gasteiger charge is -2.24. The van der Waals surface area contributed by atoms with Crippen molar-refractivity contribution in [3.05, 3.63) is 12.2 Å². The van der Waals surface area contributed by atoms with E-state index in [2.05, 4.69) is 38.0 Å². The molecule has 76 valence electrons. The Kier molecular flexibility index (Phi) is 4.33. The Balaban J connectivity index is 2.33. The van der Waals surface area contributed by atoms with Gasteiger partial charge in [0.2, 0.25) is 0 Å². The fourth-order valence-corrected chi connectivity index (χ4v) is 1.69. The second-order valence-corrected chi connectivity index (χ2v) is 4.78. The van der Waals surface area contributed by atoms with E-state index in [1.54, 1.807) is 0 Å². The first-order valence-corrected chi connectivity index (χ1v) is 5.78. The smallest absolute Gasteiger partial charge is 0.0201 e. The molecule has 0 bridgehead atoms. The Labute approximate surface area is 87.6 Å². The van der Waals surface area contributed by atoms with E-state index in [1.165, 1.54) is 25.0 Å². The molecule has 2 heteroatoms. The number of hydrogen-bond donors (Lipinski definition) is 1. The van der Waals surface area contributed by atoms with Gasteiger partial charge in [0.25, 0.3) is 0 Å². The Morgan fingerprint density at radius 2 is 2.15 bits per heavy atom. The largest absolute Gasteiger partial charge is 0.296 e. The molecule has 0 radical (unpaired) electrons. The minimum Gasteiger partial charge on any atom is -0.296 e. The molecule has 0 spiro atoms. The molecule has 13 heavy (non-hydrogen) atoms. The van der Waals surface area contributed by atoms with Crippen LogP contribution in [0.3, 0.4) is 0 Å². The van der Waals surface area contributed by atoms with Crippen molar-refractivity contribution in [2.24, 2.45) is 5.92 Å². The van der Waals surface area contributed by atoms with Gasteiger partial charge in [0.15, 0.2) is 0 Å². The van der Waals surface area contributed by atoms with Crippen molar-refractivity contribution in [3.63, 3.8) is 0 Å². The van der Waals surface area contributed by atoms with Crippen LogP contribution in [-0.4, -0.2) is 29.8 Å². The highest BCUT2D eigenvalue weighted by Crippen LogP contribution is 2.28. The lowest BCUT2D eigenvalue weighted by molar-refractivity contribution is 0.254. The van der Waals surface area contributed by atoms with Gasteiger partial charge in [-0.1, -0.05) is 26.0 Å². The first-order valence-electron chi connectivity index (χ1n) is 5.15. The van der Waals surface area contributed by atoms with Crippen LogP contribution in [0.1, 0.15) is 26.7 Å². The summed E-state index contributed by atoms with van der Waals surface area (Å²) in [6.07, 6.45) is 2.76. The molecule has 1 saturated carbocycles. The summed E-state index contributed by atoms with van der Waals surface area (Å²) in [5, 5.41) is 0. The van der Waals surface area contributed by atoms with Crippen LogP contribution >= 0.6 is 12.6 Å². The van der Waals surface area contributed by atoms with Crippen molar-refractivity contribution >= 4 is 12.6 Å². The van der Waals surface area contributed by atoms with E-state index in [4.69, 9.17) is 0 Å². The van der Waals surface area contributed by atoms with Gasteiger partial charge in [-0.05, 0) is 18.8 Å². The molecular formula is C11H21NS. The maximum atomic E-state index is 4.24. The minimum atomic E-state index is 0.758. The maximum Gasteiger partial charge on any atom is 0.0201 e. The van der Waals surface area contributed by atoms with Gasteiger partial charge in [-0.3, -0.25) is 4.90 Å². The van der Waals surface area contributed by atoms with Gasteiger partial charge in [0.05, 0.1) is 0 Å². The van der Waals surface area contributed by atoms with Crippen LogP contribution in [-0.2, 0) is 0 Å². The highest BCUT2D eigenvalue weighted by Gasteiger charge is 2.28. The normalized spacial score (nSPS) is 17.0. The van der Waals surface area contributed by atoms with Gasteiger partial charge in [0.1, 0.15) is 0 Å². The lowest BCUT2D eigenvalue weighted by Crippen LogP contribution is -2.32. The average Bonchev–Trinajstić information content (AvgIpc) is 2.84. The molecule has 0 atom stereocenters. The van der Waals surface area contributed by atoms with Crippen LogP contribution in [0, 0.1) is 5.92 Å². The van der Waals surface area contributed by atoms with Gasteiger partial charge in [-0.2, -0.15) is 12.6 Å². The van der Waals surface area contributed by atoms with Crippen molar-refractivity contribution in [1.82, 2.24) is 4.90 Å². The molecule has 0 amide bonds. The zero-order valence-corrected chi connectivity index (χ0v) is 9.69. The second kappa shape index (κ2) is 5.06. The van der Waals surface area contributed by atoms with E-state index in [1.807, 2.05) is 0 Å². The third kappa shape index (κ3) is 4.19. The van der Waals surface area contributed by atoms with E-state index in [9.17, 15) is 0 Å². The molecule has 1 fully saturated rings. The van der Waals surface area contributed by atoms with Crippen LogP contribution < -0.4 is 0 Å². The summed E-state index contributed by atoms with van der Waals surface area (Å²) in [6, 6.07) is 0.846. The molecule has 1 aliphatic carbocycles. The number of rotatable bonds is 6. The van der Waals surface area contributed by atoms with E-state index >= 15 is 0 Å². The van der Waals surface area contributed by atoms with Gasteiger partial charge in [-0.15, -0.1) is 0 Å². The first kappa shape index (κ1) is 11.1. The Bertz CT molecular complexity index is 173. The molecule has 0 aromatic heterocycles. The van der Waals surface area contributed by atoms with Crippen molar-refractivity contribution in [2.45, 2.75) is 32.7 Å². The topological polar surface area (TPSA) is 3.24 Å². The fraction of sp³-hybridized carbons (Fsp3) is 0.818. The van der Waals surface area contributed by atoms with Crippen LogP contribution in [0.25, 0.3) is 0 Å². The van der Waals surface area contributed by atoms with Gasteiger partial charge < -0.3 is 0 Å². The van der Waals surface area contributed by atoms with Crippen LogP contribution in [0.5, 0.6) is 0 Å². The molecule has 0 aliphatic heterocycles. The standard InChI is InChI=1S/C11H21NS/c1-9(2)6-12(11-4-5-11)7-10(3)8-13/h9,11,13H,3-8H2,1-2H3. The number of thiol groups is 1. The minimum absolute atomic E-state index is 0.758. The monoisotopic (exact) mass is 199 g/mol. The molecule has 0 unspecified atom stereocenters. The first-order chi connectivity index (χ1) is 6.13. The number of hydrogen-bond acceptors (Lipinski definition) is 2. The summed E-state index contributed by atoms with van der Waals surface area (Å²) in [4.78, 5) is 2.56. The zero-order valence-electron chi connectivity index (χ0n) is 8.79. The van der Waals surface area contributed by atoms with E-state index < -0.39 is 0 Å². The summed E-state index contributed by atoms with van der Waals surface area (Å²) in [5.74, 6) is 1.58. The fourth-order valence-electron chi connectivity index (χ4n) is 1.59. The van der Waals surface area contributed by atoms with E-state index in [0.717, 1.165) is 24.3 Å². The third-order valence-electron chi connectivity index (χ3n) is 2.31. The molecule has 0 heterocycles. The van der Waals surface area contributed by atoms with Crippen molar-refractivity contribution in [2.75, 3.05) is 18.8 Å². The lowest BCUT2D eigenvalue weighted by atomic mass is 10.2. The second-order valence-electron chi connectivity index (χ2n) is 4.46. The highest BCUT2D eigenvalue weighted by atomic mass is 32.1. The summed E-state index contributed by atoms with van der Waals surface area (Å²) in [5.41, 5.74) is 1.25. The van der Waals surface area contributed by atoms with Gasteiger partial charge in [0, 0.05) is 24.9 Å². The predicted molar refractivity (Wildman–Crippen MR) is 62.4 cm³/mol. The molecule has 0 aromatic rings. The molecule has 0 aromatic carbocycles. The molecule has 1 aliphatic rings. The molecular weight excluding hydrogens is 178 g/mol. The maximum absolute atomic E-state index is 4.24. The summed E-state index contributed by atoms with van der Waals surface area (Å²) in [7, 11) is 0. The average molecular weight is 199 g/mol. The van der Waals surface area contributed by atoms with Crippen molar-refractivity contribution < 1.29 is 0 Å². The van der Waals surface area contributed by atoms with Gasteiger partial charge >= 0.3 is 0 Å². The van der Waals surface area contributed by atoms with Gasteiger partial charge in [-0.25, -0.2) is 0 Å². The Hall–Kier alpha value is 0.0500. The van der Waals surface area contributed by atoms with Crippen molar-refractivity contribution in [3.8, 4) is 0 Å². The molecule has 1 nitrogen and oxygen atoms in total. The predicted octanol–water partition coefficient (Wildman–Crippen LogP) is 2.59. The van der Waals surface area contributed by atoms with E-state index in [0.29, 0.717) is 0 Å². The zero-order chi connectivity index (χ0) is 9.84. The summed E-state index contributed by atoms with van der Waals surface area (Å²) in [6.45, 7) is 10.8. The quantitative estimate of drug-likeness (QED) is 0.508. The molecule has 0 saturated heterocycles. The van der Waals surface area contributed by atoms with Crippen molar-refractivity contribution in [1.29, 1.82) is 0 Å². The van der Waals surface area contributed by atoms with Crippen LogP contribution in [0.15, 0.2) is 12.2 Å². The summed E-state index contributed by atoms with van der Waals surface area (Å²) < 4.78 is 0.